The van der Waals surface area contributed by atoms with Gasteiger partial charge in [-0.1, -0.05) is 72.9 Å². The summed E-state index contributed by atoms with van der Waals surface area (Å²) < 4.78 is 0.704. The van der Waals surface area contributed by atoms with Crippen LogP contribution in [0.2, 0.25) is 0 Å². The first-order valence-corrected chi connectivity index (χ1v) is 8.80. The third kappa shape index (κ3) is 3.19. The Morgan fingerprint density at radius 2 is 1.05 bits per heavy atom. The van der Waals surface area contributed by atoms with E-state index in [1.807, 2.05) is 60.7 Å². The molecule has 5 heteroatoms. The lowest BCUT2D eigenvalue weighted by Crippen LogP contribution is -2.04. The third-order valence-electron chi connectivity index (χ3n) is 3.36. The van der Waals surface area contributed by atoms with Crippen LogP contribution in [0.3, 0.4) is 0 Å². The van der Waals surface area contributed by atoms with Crippen LogP contribution in [0.4, 0.5) is 0 Å². The molecule has 3 aromatic rings. The van der Waals surface area contributed by atoms with E-state index in [-0.39, 0.29) is 0 Å². The highest BCUT2D eigenvalue weighted by molar-refractivity contribution is 7.76. The standard InChI is InChI=1S/C17H14O2S3/c18-13(11-7-3-1-4-8-11)15-16(22-17(20)21-15)14(19)12-9-5-2-6-10-12/h1-10,13-14,18-19H. The van der Waals surface area contributed by atoms with Crippen molar-refractivity contribution >= 4 is 34.9 Å². The summed E-state index contributed by atoms with van der Waals surface area (Å²) in [6.45, 7) is 0. The maximum Gasteiger partial charge on any atom is 0.144 e. The zero-order valence-electron chi connectivity index (χ0n) is 11.5. The zero-order chi connectivity index (χ0) is 15.5. The summed E-state index contributed by atoms with van der Waals surface area (Å²) in [5, 5.41) is 21.3. The third-order valence-corrected chi connectivity index (χ3v) is 6.15. The van der Waals surface area contributed by atoms with Crippen molar-refractivity contribution in [3.8, 4) is 0 Å². The first-order chi connectivity index (χ1) is 10.7. The Labute approximate surface area is 142 Å². The molecule has 2 aromatic carbocycles. The molecule has 2 N–H and O–H groups in total. The highest BCUT2D eigenvalue weighted by Crippen LogP contribution is 2.39. The summed E-state index contributed by atoms with van der Waals surface area (Å²) in [6, 6.07) is 18.8. The van der Waals surface area contributed by atoms with E-state index in [1.54, 1.807) is 0 Å². The minimum atomic E-state index is -0.771. The summed E-state index contributed by atoms with van der Waals surface area (Å²) in [6.07, 6.45) is -1.54. The molecule has 2 unspecified atom stereocenters. The van der Waals surface area contributed by atoms with Gasteiger partial charge in [-0.25, -0.2) is 0 Å². The molecule has 0 radical (unpaired) electrons. The Morgan fingerprint density at radius 3 is 1.41 bits per heavy atom. The fourth-order valence-corrected chi connectivity index (χ4v) is 5.03. The van der Waals surface area contributed by atoms with Crippen LogP contribution < -0.4 is 0 Å². The van der Waals surface area contributed by atoms with Crippen LogP contribution >= 0.6 is 34.9 Å². The van der Waals surface area contributed by atoms with Crippen molar-refractivity contribution in [1.82, 2.24) is 0 Å². The molecule has 0 fully saturated rings. The van der Waals surface area contributed by atoms with E-state index >= 15 is 0 Å². The van der Waals surface area contributed by atoms with Gasteiger partial charge in [0.2, 0.25) is 0 Å². The molecule has 1 heterocycles. The van der Waals surface area contributed by atoms with Gasteiger partial charge in [0.15, 0.2) is 0 Å². The van der Waals surface area contributed by atoms with Crippen molar-refractivity contribution in [2.24, 2.45) is 0 Å². The van der Waals surface area contributed by atoms with Crippen molar-refractivity contribution in [3.05, 3.63) is 84.7 Å². The number of rotatable bonds is 4. The van der Waals surface area contributed by atoms with E-state index in [9.17, 15) is 10.2 Å². The van der Waals surface area contributed by atoms with Crippen LogP contribution in [-0.2, 0) is 0 Å². The Bertz CT molecular complexity index is 728. The maximum absolute atomic E-state index is 10.6. The van der Waals surface area contributed by atoms with Gasteiger partial charge in [0.1, 0.15) is 15.3 Å². The monoisotopic (exact) mass is 346 g/mol. The average Bonchev–Trinajstić information content (AvgIpc) is 2.97. The minimum absolute atomic E-state index is 0.704. The number of hydrogen-bond acceptors (Lipinski definition) is 5. The van der Waals surface area contributed by atoms with Gasteiger partial charge in [-0.15, -0.1) is 22.7 Å². The van der Waals surface area contributed by atoms with E-state index in [1.165, 1.54) is 22.7 Å². The molecule has 0 aliphatic rings. The highest BCUT2D eigenvalue weighted by atomic mass is 32.2. The number of aliphatic hydroxyl groups is 2. The number of hydrogen-bond donors (Lipinski definition) is 2. The molecule has 0 bridgehead atoms. The van der Waals surface area contributed by atoms with Crippen LogP contribution in [0.15, 0.2) is 60.7 Å². The molecular weight excluding hydrogens is 332 g/mol. The fraction of sp³-hybridized carbons (Fsp3) is 0.118. The smallest absolute Gasteiger partial charge is 0.144 e. The Kier molecular flexibility index (Phi) is 4.81. The molecular formula is C17H14O2S3. The van der Waals surface area contributed by atoms with Crippen molar-refractivity contribution in [1.29, 1.82) is 0 Å². The van der Waals surface area contributed by atoms with Crippen molar-refractivity contribution in [2.75, 3.05) is 0 Å². The van der Waals surface area contributed by atoms with Gasteiger partial charge in [-0.05, 0) is 11.1 Å². The quantitative estimate of drug-likeness (QED) is 0.673. The van der Waals surface area contributed by atoms with Crippen LogP contribution in [0.1, 0.15) is 33.1 Å². The molecule has 112 valence electrons. The molecule has 0 spiro atoms. The van der Waals surface area contributed by atoms with Crippen molar-refractivity contribution in [2.45, 2.75) is 12.2 Å². The van der Waals surface area contributed by atoms with Crippen molar-refractivity contribution < 1.29 is 10.2 Å². The van der Waals surface area contributed by atoms with E-state index in [4.69, 9.17) is 12.2 Å². The van der Waals surface area contributed by atoms with Gasteiger partial charge in [-0.3, -0.25) is 0 Å². The largest absolute Gasteiger partial charge is 0.383 e. The summed E-state index contributed by atoms with van der Waals surface area (Å²) in [4.78, 5) is 1.44. The second-order valence-electron chi connectivity index (χ2n) is 4.81. The van der Waals surface area contributed by atoms with Crippen LogP contribution in [0.25, 0.3) is 0 Å². The second-order valence-corrected chi connectivity index (χ2v) is 8.10. The van der Waals surface area contributed by atoms with Crippen LogP contribution in [0, 0.1) is 3.14 Å². The molecule has 0 amide bonds. The van der Waals surface area contributed by atoms with E-state index in [0.717, 1.165) is 20.9 Å². The Hall–Kier alpha value is -1.37. The molecule has 0 saturated carbocycles. The molecule has 0 aliphatic carbocycles. The normalized spacial score (nSPS) is 13.7. The van der Waals surface area contributed by atoms with Crippen LogP contribution in [0.5, 0.6) is 0 Å². The zero-order valence-corrected chi connectivity index (χ0v) is 14.0. The van der Waals surface area contributed by atoms with Gasteiger partial charge in [0, 0.05) is 0 Å². The predicted molar refractivity (Wildman–Crippen MR) is 94.0 cm³/mol. The van der Waals surface area contributed by atoms with E-state index < -0.39 is 12.2 Å². The molecule has 22 heavy (non-hydrogen) atoms. The lowest BCUT2D eigenvalue weighted by atomic mass is 10.0. The molecule has 0 aliphatic heterocycles. The van der Waals surface area contributed by atoms with Gasteiger partial charge >= 0.3 is 0 Å². The van der Waals surface area contributed by atoms with Gasteiger partial charge in [0.25, 0.3) is 0 Å². The molecule has 0 saturated heterocycles. The van der Waals surface area contributed by atoms with Crippen molar-refractivity contribution in [3.63, 3.8) is 0 Å². The first kappa shape index (κ1) is 15.5. The summed E-state index contributed by atoms with van der Waals surface area (Å²) in [5.74, 6) is 0. The topological polar surface area (TPSA) is 40.5 Å². The molecule has 3 rings (SSSR count). The number of aliphatic hydroxyl groups excluding tert-OH is 2. The van der Waals surface area contributed by atoms with Gasteiger partial charge in [-0.2, -0.15) is 0 Å². The summed E-state index contributed by atoms with van der Waals surface area (Å²) in [7, 11) is 0. The minimum Gasteiger partial charge on any atom is -0.383 e. The van der Waals surface area contributed by atoms with E-state index in [2.05, 4.69) is 0 Å². The molecule has 2 atom stereocenters. The Balaban J connectivity index is 2.02. The average molecular weight is 346 g/mol. The molecule has 2 nitrogen and oxygen atoms in total. The first-order valence-electron chi connectivity index (χ1n) is 6.76. The number of benzene rings is 2. The Morgan fingerprint density at radius 1 is 0.682 bits per heavy atom. The lowest BCUT2D eigenvalue weighted by Gasteiger charge is -2.15. The van der Waals surface area contributed by atoms with E-state index in [0.29, 0.717) is 3.14 Å². The summed E-state index contributed by atoms with van der Waals surface area (Å²) >= 11 is 8.00. The van der Waals surface area contributed by atoms with Crippen LogP contribution in [-0.4, -0.2) is 10.2 Å². The predicted octanol–water partition coefficient (Wildman–Crippen LogP) is 4.70. The second kappa shape index (κ2) is 6.81. The molecule has 1 aromatic heterocycles. The summed E-state index contributed by atoms with van der Waals surface area (Å²) in [5.41, 5.74) is 1.60. The van der Waals surface area contributed by atoms with Gasteiger partial charge in [0.05, 0.1) is 9.75 Å². The highest BCUT2D eigenvalue weighted by Gasteiger charge is 2.23. The van der Waals surface area contributed by atoms with Gasteiger partial charge < -0.3 is 10.2 Å². The lowest BCUT2D eigenvalue weighted by molar-refractivity contribution is 0.203. The maximum atomic E-state index is 10.6. The fourth-order valence-electron chi connectivity index (χ4n) is 2.26. The SMILES string of the molecule is OC(c1ccccc1)c1sc(=S)sc1C(O)c1ccccc1.